The van der Waals surface area contributed by atoms with Crippen LogP contribution in [0.4, 0.5) is 16.3 Å². The summed E-state index contributed by atoms with van der Waals surface area (Å²) in [6.45, 7) is 8.66. The molecule has 1 saturated heterocycles. The van der Waals surface area contributed by atoms with Crippen molar-refractivity contribution in [2.24, 2.45) is 0 Å². The van der Waals surface area contributed by atoms with Crippen molar-refractivity contribution in [1.29, 1.82) is 0 Å². The lowest BCUT2D eigenvalue weighted by molar-refractivity contribution is -0.124. The largest absolute Gasteiger partial charge is 0.353 e. The van der Waals surface area contributed by atoms with Gasteiger partial charge >= 0.3 is 6.03 Å². The molecule has 1 atom stereocenters. The maximum Gasteiger partial charge on any atom is 0.325 e. The van der Waals surface area contributed by atoms with Crippen LogP contribution >= 0.6 is 0 Å². The number of aromatic nitrogens is 2. The number of benzene rings is 1. The van der Waals surface area contributed by atoms with Crippen molar-refractivity contribution in [2.45, 2.75) is 26.8 Å². The molecule has 3 amide bonds. The van der Waals surface area contributed by atoms with E-state index < -0.39 is 12.1 Å². The molecular formula is C20H26N6O2. The predicted octanol–water partition coefficient (Wildman–Crippen LogP) is 1.95. The average Bonchev–Trinajstić information content (AvgIpc) is 2.70. The first-order valence-electron chi connectivity index (χ1n) is 9.38. The van der Waals surface area contributed by atoms with Crippen LogP contribution in [0.3, 0.4) is 0 Å². The third-order valence-corrected chi connectivity index (χ3v) is 4.98. The average molecular weight is 382 g/mol. The van der Waals surface area contributed by atoms with Crippen LogP contribution in [0.15, 0.2) is 36.8 Å². The Morgan fingerprint density at radius 1 is 1.11 bits per heavy atom. The number of aryl methyl sites for hydroxylation is 2. The van der Waals surface area contributed by atoms with Gasteiger partial charge in [0.1, 0.15) is 5.82 Å². The van der Waals surface area contributed by atoms with Crippen LogP contribution in [-0.2, 0) is 4.79 Å². The summed E-state index contributed by atoms with van der Waals surface area (Å²) in [5.41, 5.74) is 2.77. The predicted molar refractivity (Wildman–Crippen MR) is 108 cm³/mol. The molecule has 2 N–H and O–H groups in total. The molecule has 8 heteroatoms. The van der Waals surface area contributed by atoms with E-state index in [1.807, 2.05) is 39.0 Å². The molecule has 2 aromatic rings. The number of anilines is 2. The molecule has 8 nitrogen and oxygen atoms in total. The summed E-state index contributed by atoms with van der Waals surface area (Å²) in [6.07, 6.45) is 5.06. The lowest BCUT2D eigenvalue weighted by atomic mass is 10.1. The topological polar surface area (TPSA) is 90.5 Å². The van der Waals surface area contributed by atoms with Gasteiger partial charge in [-0.15, -0.1) is 0 Å². The molecule has 0 radical (unpaired) electrons. The Morgan fingerprint density at radius 2 is 1.86 bits per heavy atom. The smallest absolute Gasteiger partial charge is 0.325 e. The first-order valence-corrected chi connectivity index (χ1v) is 9.38. The maximum absolute atomic E-state index is 12.5. The number of nitrogens with zero attached hydrogens (tertiary/aromatic N) is 4. The Labute approximate surface area is 165 Å². The van der Waals surface area contributed by atoms with Gasteiger partial charge in [0, 0.05) is 44.3 Å². The first kappa shape index (κ1) is 19.8. The number of carbonyl (C=O) groups excluding carboxylic acids is 2. The summed E-state index contributed by atoms with van der Waals surface area (Å²) in [4.78, 5) is 37.3. The summed E-state index contributed by atoms with van der Waals surface area (Å²) in [5.74, 6) is 0.530. The monoisotopic (exact) mass is 382 g/mol. The fourth-order valence-corrected chi connectivity index (χ4v) is 3.28. The Balaban J connectivity index is 1.50. The molecule has 1 aliphatic heterocycles. The number of piperazine rings is 1. The highest BCUT2D eigenvalue weighted by atomic mass is 16.2. The molecule has 3 rings (SSSR count). The van der Waals surface area contributed by atoms with Crippen molar-refractivity contribution >= 4 is 23.4 Å². The van der Waals surface area contributed by atoms with E-state index in [-0.39, 0.29) is 5.91 Å². The second-order valence-electron chi connectivity index (χ2n) is 7.02. The minimum Gasteiger partial charge on any atom is -0.353 e. The minimum absolute atomic E-state index is 0.310. The normalized spacial score (nSPS) is 15.8. The van der Waals surface area contributed by atoms with Crippen LogP contribution in [0.1, 0.15) is 18.1 Å². The van der Waals surface area contributed by atoms with Crippen molar-refractivity contribution in [3.8, 4) is 0 Å². The van der Waals surface area contributed by atoms with E-state index in [9.17, 15) is 9.59 Å². The Kier molecular flexibility index (Phi) is 6.20. The molecule has 1 aliphatic rings. The van der Waals surface area contributed by atoms with Gasteiger partial charge in [0.25, 0.3) is 0 Å². The molecule has 0 saturated carbocycles. The van der Waals surface area contributed by atoms with E-state index in [1.54, 1.807) is 18.6 Å². The molecule has 148 valence electrons. The van der Waals surface area contributed by atoms with Gasteiger partial charge in [-0.05, 0) is 32.4 Å². The highest BCUT2D eigenvalue weighted by molar-refractivity contribution is 6.03. The fraction of sp³-hybridized carbons (Fsp3) is 0.400. The summed E-state index contributed by atoms with van der Waals surface area (Å²) >= 11 is 0. The van der Waals surface area contributed by atoms with Crippen LogP contribution in [0, 0.1) is 13.8 Å². The van der Waals surface area contributed by atoms with Crippen LogP contribution in [0.5, 0.6) is 0 Å². The number of urea groups is 1. The molecule has 0 aliphatic carbocycles. The molecule has 2 heterocycles. The van der Waals surface area contributed by atoms with Gasteiger partial charge in [0.05, 0.1) is 12.2 Å². The summed E-state index contributed by atoms with van der Waals surface area (Å²) in [5, 5.41) is 5.19. The van der Waals surface area contributed by atoms with Crippen molar-refractivity contribution < 1.29 is 9.59 Å². The summed E-state index contributed by atoms with van der Waals surface area (Å²) < 4.78 is 0. The molecule has 1 aromatic heterocycles. The zero-order valence-corrected chi connectivity index (χ0v) is 16.5. The van der Waals surface area contributed by atoms with Gasteiger partial charge < -0.3 is 10.2 Å². The van der Waals surface area contributed by atoms with E-state index in [0.29, 0.717) is 18.8 Å². The number of hydrogen-bond acceptors (Lipinski definition) is 6. The summed E-state index contributed by atoms with van der Waals surface area (Å²) in [6, 6.07) is 4.83. The number of carbonyl (C=O) groups is 2. The van der Waals surface area contributed by atoms with E-state index in [0.717, 1.165) is 30.0 Å². The number of imide groups is 1. The minimum atomic E-state index is -0.512. The van der Waals surface area contributed by atoms with Crippen molar-refractivity contribution in [3.63, 3.8) is 0 Å². The second kappa shape index (κ2) is 8.79. The van der Waals surface area contributed by atoms with Gasteiger partial charge in [-0.25, -0.2) is 9.78 Å². The van der Waals surface area contributed by atoms with E-state index in [4.69, 9.17) is 0 Å². The number of hydrogen-bond donors (Lipinski definition) is 2. The molecule has 0 unspecified atom stereocenters. The molecule has 0 bridgehead atoms. The van der Waals surface area contributed by atoms with E-state index in [2.05, 4.69) is 30.4 Å². The molecule has 1 aromatic carbocycles. The molecule has 0 spiro atoms. The first-order chi connectivity index (χ1) is 13.4. The van der Waals surface area contributed by atoms with Crippen LogP contribution < -0.4 is 15.5 Å². The maximum atomic E-state index is 12.5. The number of rotatable bonds is 4. The summed E-state index contributed by atoms with van der Waals surface area (Å²) in [7, 11) is 0. The van der Waals surface area contributed by atoms with Crippen molar-refractivity contribution in [2.75, 3.05) is 36.4 Å². The Bertz CT molecular complexity index is 834. The highest BCUT2D eigenvalue weighted by Crippen LogP contribution is 2.16. The molecule has 1 fully saturated rings. The van der Waals surface area contributed by atoms with Gasteiger partial charge in [0.2, 0.25) is 5.91 Å². The van der Waals surface area contributed by atoms with Gasteiger partial charge in [0.15, 0.2) is 0 Å². The standard InChI is InChI=1S/C20H26N6O2/c1-14-4-5-17(15(2)12-14)23-20(28)24-19(27)16(3)25-8-10-26(11-9-25)18-13-21-6-7-22-18/h4-7,12-13,16H,8-11H2,1-3H3,(H2,23,24,27,28)/t16-/m1/s1. The number of amides is 3. The Morgan fingerprint density at radius 3 is 2.50 bits per heavy atom. The third-order valence-electron chi connectivity index (χ3n) is 4.98. The lowest BCUT2D eigenvalue weighted by Crippen LogP contribution is -2.55. The zero-order valence-electron chi connectivity index (χ0n) is 16.5. The van der Waals surface area contributed by atoms with E-state index >= 15 is 0 Å². The fourth-order valence-electron chi connectivity index (χ4n) is 3.28. The van der Waals surface area contributed by atoms with Crippen molar-refractivity contribution in [3.05, 3.63) is 47.9 Å². The zero-order chi connectivity index (χ0) is 20.1. The molecule has 28 heavy (non-hydrogen) atoms. The third kappa shape index (κ3) is 4.83. The van der Waals surface area contributed by atoms with E-state index in [1.165, 1.54) is 0 Å². The molecular weight excluding hydrogens is 356 g/mol. The lowest BCUT2D eigenvalue weighted by Gasteiger charge is -2.37. The van der Waals surface area contributed by atoms with Crippen LogP contribution in [0.25, 0.3) is 0 Å². The van der Waals surface area contributed by atoms with Gasteiger partial charge in [-0.2, -0.15) is 0 Å². The Hall–Kier alpha value is -3.00. The van der Waals surface area contributed by atoms with Gasteiger partial charge in [-0.1, -0.05) is 17.7 Å². The van der Waals surface area contributed by atoms with Gasteiger partial charge in [-0.3, -0.25) is 20.0 Å². The van der Waals surface area contributed by atoms with Crippen LogP contribution in [-0.4, -0.2) is 59.0 Å². The van der Waals surface area contributed by atoms with Crippen LogP contribution in [0.2, 0.25) is 0 Å². The quantitative estimate of drug-likeness (QED) is 0.840. The second-order valence-corrected chi connectivity index (χ2v) is 7.02. The highest BCUT2D eigenvalue weighted by Gasteiger charge is 2.27. The SMILES string of the molecule is Cc1ccc(NC(=O)NC(=O)[C@@H](C)N2CCN(c3cnccn3)CC2)c(C)c1. The van der Waals surface area contributed by atoms with Crippen molar-refractivity contribution in [1.82, 2.24) is 20.2 Å². The number of nitrogens with one attached hydrogen (secondary N) is 2.